The monoisotopic (exact) mass is 454 g/mol. The normalized spacial score (nSPS) is 13.6. The lowest BCUT2D eigenvalue weighted by Gasteiger charge is -2.37. The topological polar surface area (TPSA) is 83.1 Å². The van der Waals surface area contributed by atoms with Gasteiger partial charge < -0.3 is 29.9 Å². The highest BCUT2D eigenvalue weighted by molar-refractivity contribution is 6.00. The van der Waals surface area contributed by atoms with Gasteiger partial charge in [0.25, 0.3) is 0 Å². The molecule has 3 rings (SSSR count). The first-order valence-electron chi connectivity index (χ1n) is 11.4. The number of amides is 3. The van der Waals surface area contributed by atoms with Crippen LogP contribution < -0.4 is 25.0 Å². The summed E-state index contributed by atoms with van der Waals surface area (Å²) in [6.07, 6.45) is 1.78. The van der Waals surface area contributed by atoms with Crippen LogP contribution in [0.5, 0.6) is 11.5 Å². The third-order valence-corrected chi connectivity index (χ3v) is 6.07. The minimum absolute atomic E-state index is 0.130. The van der Waals surface area contributed by atoms with Gasteiger partial charge in [-0.15, -0.1) is 0 Å². The van der Waals surface area contributed by atoms with Crippen LogP contribution in [0.3, 0.4) is 0 Å². The van der Waals surface area contributed by atoms with E-state index in [1.165, 1.54) is 7.11 Å². The molecule has 178 valence electrons. The molecule has 0 atom stereocenters. The summed E-state index contributed by atoms with van der Waals surface area (Å²) >= 11 is 0. The number of ether oxygens (including phenoxy) is 2. The summed E-state index contributed by atoms with van der Waals surface area (Å²) < 4.78 is 10.5. The van der Waals surface area contributed by atoms with Gasteiger partial charge in [0, 0.05) is 49.5 Å². The van der Waals surface area contributed by atoms with Crippen molar-refractivity contribution in [1.29, 1.82) is 0 Å². The van der Waals surface area contributed by atoms with E-state index in [0.717, 1.165) is 44.7 Å². The van der Waals surface area contributed by atoms with E-state index in [9.17, 15) is 9.59 Å². The fraction of sp³-hybridized carbons (Fsp3) is 0.440. The SMILES string of the molecule is CCC(CC)C(=O)N1CCN(c2ccc(NC(=O)Nc3ccc(OC)cc3OC)cc2)CC1. The summed E-state index contributed by atoms with van der Waals surface area (Å²) in [4.78, 5) is 29.3. The second-order valence-electron chi connectivity index (χ2n) is 8.02. The van der Waals surface area contributed by atoms with E-state index >= 15 is 0 Å². The molecule has 2 aromatic carbocycles. The molecule has 1 heterocycles. The predicted octanol–water partition coefficient (Wildman–Crippen LogP) is 4.43. The molecule has 0 aliphatic carbocycles. The summed E-state index contributed by atoms with van der Waals surface area (Å²) in [5.41, 5.74) is 2.31. The van der Waals surface area contributed by atoms with Crippen LogP contribution in [-0.2, 0) is 4.79 Å². The first-order valence-corrected chi connectivity index (χ1v) is 11.4. The lowest BCUT2D eigenvalue weighted by Crippen LogP contribution is -2.50. The maximum Gasteiger partial charge on any atom is 0.323 e. The minimum atomic E-state index is -0.361. The zero-order chi connectivity index (χ0) is 23.8. The van der Waals surface area contributed by atoms with Crippen LogP contribution in [-0.4, -0.2) is 57.2 Å². The summed E-state index contributed by atoms with van der Waals surface area (Å²) in [5, 5.41) is 5.63. The second-order valence-corrected chi connectivity index (χ2v) is 8.02. The highest BCUT2D eigenvalue weighted by Gasteiger charge is 2.25. The fourth-order valence-electron chi connectivity index (χ4n) is 4.02. The standard InChI is InChI=1S/C25H34N4O4/c1-5-18(6-2)24(30)29-15-13-28(14-16-29)20-9-7-19(8-10-20)26-25(31)27-22-12-11-21(32-3)17-23(22)33-4/h7-12,17-18H,5-6,13-16H2,1-4H3,(H2,26,27,31). The molecule has 1 saturated heterocycles. The lowest BCUT2D eigenvalue weighted by molar-refractivity contribution is -0.136. The number of carbonyl (C=O) groups is 2. The molecule has 3 amide bonds. The average Bonchev–Trinajstić information content (AvgIpc) is 2.85. The number of nitrogens with zero attached hydrogens (tertiary/aromatic N) is 2. The molecule has 0 radical (unpaired) electrons. The molecule has 1 aliphatic heterocycles. The Morgan fingerprint density at radius 3 is 2.15 bits per heavy atom. The zero-order valence-corrected chi connectivity index (χ0v) is 19.9. The number of nitrogens with one attached hydrogen (secondary N) is 2. The number of benzene rings is 2. The summed E-state index contributed by atoms with van der Waals surface area (Å²) in [7, 11) is 3.12. The molecule has 2 N–H and O–H groups in total. The molecule has 0 spiro atoms. The number of anilines is 3. The van der Waals surface area contributed by atoms with Gasteiger partial charge in [0.05, 0.1) is 19.9 Å². The molecule has 8 heteroatoms. The summed E-state index contributed by atoms with van der Waals surface area (Å²) in [6.45, 7) is 7.23. The minimum Gasteiger partial charge on any atom is -0.497 e. The van der Waals surface area contributed by atoms with E-state index in [4.69, 9.17) is 9.47 Å². The number of carbonyl (C=O) groups excluding carboxylic acids is 2. The molecule has 1 aliphatic rings. The van der Waals surface area contributed by atoms with Crippen molar-refractivity contribution < 1.29 is 19.1 Å². The Hall–Kier alpha value is -3.42. The Kier molecular flexibility index (Phi) is 8.40. The number of urea groups is 1. The van der Waals surface area contributed by atoms with E-state index in [1.807, 2.05) is 29.2 Å². The van der Waals surface area contributed by atoms with Crippen LogP contribution in [0.1, 0.15) is 26.7 Å². The number of piperazine rings is 1. The second kappa shape index (κ2) is 11.4. The van der Waals surface area contributed by atoms with Gasteiger partial charge in [-0.3, -0.25) is 4.79 Å². The van der Waals surface area contributed by atoms with Crippen LogP contribution in [0, 0.1) is 5.92 Å². The first-order chi connectivity index (χ1) is 16.0. The van der Waals surface area contributed by atoms with Crippen molar-refractivity contribution in [3.05, 3.63) is 42.5 Å². The molecule has 0 bridgehead atoms. The number of hydrogen-bond acceptors (Lipinski definition) is 5. The van der Waals surface area contributed by atoms with Crippen molar-refractivity contribution in [3.8, 4) is 11.5 Å². The van der Waals surface area contributed by atoms with Crippen LogP contribution >= 0.6 is 0 Å². The van der Waals surface area contributed by atoms with Gasteiger partial charge in [-0.2, -0.15) is 0 Å². The maximum atomic E-state index is 12.6. The van der Waals surface area contributed by atoms with Crippen LogP contribution in [0.15, 0.2) is 42.5 Å². The lowest BCUT2D eigenvalue weighted by atomic mass is 10.0. The number of rotatable bonds is 8. The summed E-state index contributed by atoms with van der Waals surface area (Å²) in [5.74, 6) is 1.57. The van der Waals surface area contributed by atoms with E-state index in [1.54, 1.807) is 25.3 Å². The largest absolute Gasteiger partial charge is 0.497 e. The molecule has 0 unspecified atom stereocenters. The van der Waals surface area contributed by atoms with Gasteiger partial charge >= 0.3 is 6.03 Å². The van der Waals surface area contributed by atoms with Crippen LogP contribution in [0.25, 0.3) is 0 Å². The maximum absolute atomic E-state index is 12.6. The Labute approximate surface area is 195 Å². The zero-order valence-electron chi connectivity index (χ0n) is 19.9. The molecular weight excluding hydrogens is 420 g/mol. The third-order valence-electron chi connectivity index (χ3n) is 6.07. The average molecular weight is 455 g/mol. The molecule has 8 nitrogen and oxygen atoms in total. The quantitative estimate of drug-likeness (QED) is 0.616. The van der Waals surface area contributed by atoms with Crippen molar-refractivity contribution in [3.63, 3.8) is 0 Å². The van der Waals surface area contributed by atoms with E-state index < -0.39 is 0 Å². The van der Waals surface area contributed by atoms with Crippen molar-refractivity contribution >= 4 is 29.0 Å². The van der Waals surface area contributed by atoms with Crippen molar-refractivity contribution in [2.45, 2.75) is 26.7 Å². The van der Waals surface area contributed by atoms with Crippen LogP contribution in [0.2, 0.25) is 0 Å². The molecule has 2 aromatic rings. The van der Waals surface area contributed by atoms with Crippen molar-refractivity contribution in [2.75, 3.05) is 55.9 Å². The van der Waals surface area contributed by atoms with Gasteiger partial charge in [0.1, 0.15) is 11.5 Å². The van der Waals surface area contributed by atoms with E-state index in [-0.39, 0.29) is 17.9 Å². The Morgan fingerprint density at radius 1 is 0.909 bits per heavy atom. The molecule has 0 saturated carbocycles. The predicted molar refractivity (Wildman–Crippen MR) is 131 cm³/mol. The molecular formula is C25H34N4O4. The van der Waals surface area contributed by atoms with Crippen molar-refractivity contribution in [1.82, 2.24) is 4.90 Å². The van der Waals surface area contributed by atoms with Crippen molar-refractivity contribution in [2.24, 2.45) is 5.92 Å². The van der Waals surface area contributed by atoms with Gasteiger partial charge in [0.15, 0.2) is 0 Å². The smallest absolute Gasteiger partial charge is 0.323 e. The van der Waals surface area contributed by atoms with E-state index in [2.05, 4.69) is 29.4 Å². The Morgan fingerprint density at radius 2 is 1.58 bits per heavy atom. The molecule has 1 fully saturated rings. The Bertz CT molecular complexity index is 936. The van der Waals surface area contributed by atoms with Gasteiger partial charge in [-0.05, 0) is 49.2 Å². The molecule has 0 aromatic heterocycles. The summed E-state index contributed by atoms with van der Waals surface area (Å²) in [6, 6.07) is 12.6. The van der Waals surface area contributed by atoms with Gasteiger partial charge in [-0.1, -0.05) is 13.8 Å². The number of methoxy groups -OCH3 is 2. The van der Waals surface area contributed by atoms with Gasteiger partial charge in [-0.25, -0.2) is 4.79 Å². The highest BCUT2D eigenvalue weighted by Crippen LogP contribution is 2.29. The third kappa shape index (κ3) is 6.09. The van der Waals surface area contributed by atoms with Crippen LogP contribution in [0.4, 0.5) is 21.9 Å². The van der Waals surface area contributed by atoms with E-state index in [0.29, 0.717) is 22.9 Å². The fourth-order valence-corrected chi connectivity index (χ4v) is 4.02. The molecule has 33 heavy (non-hydrogen) atoms. The highest BCUT2D eigenvalue weighted by atomic mass is 16.5. The Balaban J connectivity index is 1.54. The number of hydrogen-bond donors (Lipinski definition) is 2. The van der Waals surface area contributed by atoms with Gasteiger partial charge in [0.2, 0.25) is 5.91 Å². The first kappa shape index (κ1) is 24.2.